The zero-order valence-electron chi connectivity index (χ0n) is 9.47. The number of nitrogens with two attached hydrogens (primary N) is 1. The molecule has 17 heavy (non-hydrogen) atoms. The standard InChI is InChI=1S/C12H16N2O3/c13-8-2-1-5-14(7-8)12(17)10-4-3-9(15)6-11(10)16/h3-4,6,8,15-16H,1-2,5,7,13H2/t8-/m1/s1. The molecule has 0 bridgehead atoms. The van der Waals surface area contributed by atoms with Crippen LogP contribution in [-0.4, -0.2) is 40.2 Å². The predicted octanol–water partition coefficient (Wildman–Crippen LogP) is 0.661. The zero-order valence-corrected chi connectivity index (χ0v) is 9.47. The minimum Gasteiger partial charge on any atom is -0.508 e. The highest BCUT2D eigenvalue weighted by atomic mass is 16.3. The molecule has 1 amide bonds. The van der Waals surface area contributed by atoms with Crippen LogP contribution in [0, 0.1) is 0 Å². The van der Waals surface area contributed by atoms with Crippen molar-refractivity contribution in [3.8, 4) is 11.5 Å². The smallest absolute Gasteiger partial charge is 0.257 e. The Hall–Kier alpha value is -1.75. The summed E-state index contributed by atoms with van der Waals surface area (Å²) in [4.78, 5) is 13.7. The van der Waals surface area contributed by atoms with Crippen LogP contribution in [0.2, 0.25) is 0 Å². The summed E-state index contributed by atoms with van der Waals surface area (Å²) in [5, 5.41) is 18.8. The largest absolute Gasteiger partial charge is 0.508 e. The van der Waals surface area contributed by atoms with Gasteiger partial charge in [0.25, 0.3) is 5.91 Å². The van der Waals surface area contributed by atoms with Crippen LogP contribution in [0.1, 0.15) is 23.2 Å². The molecule has 1 aromatic carbocycles. The summed E-state index contributed by atoms with van der Waals surface area (Å²) in [6, 6.07) is 3.98. The third-order valence-electron chi connectivity index (χ3n) is 2.96. The number of piperidine rings is 1. The highest BCUT2D eigenvalue weighted by molar-refractivity contribution is 5.97. The lowest BCUT2D eigenvalue weighted by atomic mass is 10.0. The van der Waals surface area contributed by atoms with Crippen molar-refractivity contribution in [3.63, 3.8) is 0 Å². The summed E-state index contributed by atoms with van der Waals surface area (Å²) >= 11 is 0. The first-order chi connectivity index (χ1) is 8.08. The van der Waals surface area contributed by atoms with E-state index in [9.17, 15) is 9.90 Å². The topological polar surface area (TPSA) is 86.8 Å². The predicted molar refractivity (Wildman–Crippen MR) is 62.9 cm³/mol. The number of amides is 1. The lowest BCUT2D eigenvalue weighted by Crippen LogP contribution is -2.45. The molecule has 0 radical (unpaired) electrons. The van der Waals surface area contributed by atoms with Crippen LogP contribution in [-0.2, 0) is 0 Å². The molecule has 1 saturated heterocycles. The highest BCUT2D eigenvalue weighted by Crippen LogP contribution is 2.24. The number of nitrogens with zero attached hydrogens (tertiary/aromatic N) is 1. The lowest BCUT2D eigenvalue weighted by Gasteiger charge is -2.30. The minimum atomic E-state index is -0.238. The van der Waals surface area contributed by atoms with Gasteiger partial charge in [-0.15, -0.1) is 0 Å². The van der Waals surface area contributed by atoms with Crippen molar-refractivity contribution in [3.05, 3.63) is 23.8 Å². The summed E-state index contributed by atoms with van der Waals surface area (Å²) in [7, 11) is 0. The maximum atomic E-state index is 12.1. The van der Waals surface area contributed by atoms with E-state index in [1.807, 2.05) is 0 Å². The van der Waals surface area contributed by atoms with E-state index in [0.29, 0.717) is 13.1 Å². The van der Waals surface area contributed by atoms with Gasteiger partial charge >= 0.3 is 0 Å². The molecule has 1 aromatic rings. The second-order valence-corrected chi connectivity index (χ2v) is 4.35. The Kier molecular flexibility index (Phi) is 3.19. The van der Waals surface area contributed by atoms with Crippen LogP contribution in [0.3, 0.4) is 0 Å². The van der Waals surface area contributed by atoms with Gasteiger partial charge in [0, 0.05) is 25.2 Å². The Labute approximate surface area is 99.5 Å². The number of benzene rings is 1. The van der Waals surface area contributed by atoms with Crippen LogP contribution < -0.4 is 5.73 Å². The van der Waals surface area contributed by atoms with Crippen LogP contribution in [0.5, 0.6) is 11.5 Å². The van der Waals surface area contributed by atoms with Crippen molar-refractivity contribution < 1.29 is 15.0 Å². The fourth-order valence-electron chi connectivity index (χ4n) is 2.07. The highest BCUT2D eigenvalue weighted by Gasteiger charge is 2.24. The summed E-state index contributed by atoms with van der Waals surface area (Å²) in [5.41, 5.74) is 6.01. The number of hydrogen-bond acceptors (Lipinski definition) is 4. The number of carbonyl (C=O) groups is 1. The number of phenolic OH excluding ortho intramolecular Hbond substituents is 2. The second-order valence-electron chi connectivity index (χ2n) is 4.35. The summed E-state index contributed by atoms with van der Waals surface area (Å²) in [6.45, 7) is 1.17. The van der Waals surface area contributed by atoms with Crippen LogP contribution >= 0.6 is 0 Å². The number of carbonyl (C=O) groups excluding carboxylic acids is 1. The van der Waals surface area contributed by atoms with E-state index in [1.54, 1.807) is 4.90 Å². The van der Waals surface area contributed by atoms with Gasteiger partial charge in [-0.25, -0.2) is 0 Å². The molecular formula is C12H16N2O3. The number of hydrogen-bond donors (Lipinski definition) is 3. The molecule has 1 fully saturated rings. The Morgan fingerprint density at radius 3 is 2.82 bits per heavy atom. The van der Waals surface area contributed by atoms with E-state index in [1.165, 1.54) is 12.1 Å². The van der Waals surface area contributed by atoms with Gasteiger partial charge in [0.05, 0.1) is 5.56 Å². The van der Waals surface area contributed by atoms with Gasteiger partial charge in [0.15, 0.2) is 0 Å². The molecular weight excluding hydrogens is 220 g/mol. The van der Waals surface area contributed by atoms with Crippen molar-refractivity contribution in [2.45, 2.75) is 18.9 Å². The van der Waals surface area contributed by atoms with E-state index in [2.05, 4.69) is 0 Å². The molecule has 0 spiro atoms. The molecule has 5 heteroatoms. The van der Waals surface area contributed by atoms with Crippen LogP contribution in [0.4, 0.5) is 0 Å². The van der Waals surface area contributed by atoms with Crippen molar-refractivity contribution in [1.82, 2.24) is 4.90 Å². The molecule has 1 aliphatic rings. The Bertz CT molecular complexity index is 434. The van der Waals surface area contributed by atoms with Crippen molar-refractivity contribution in [2.75, 3.05) is 13.1 Å². The summed E-state index contributed by atoms with van der Waals surface area (Å²) < 4.78 is 0. The van der Waals surface area contributed by atoms with E-state index < -0.39 is 0 Å². The number of likely N-dealkylation sites (tertiary alicyclic amines) is 1. The molecule has 1 aliphatic heterocycles. The molecule has 1 heterocycles. The Morgan fingerprint density at radius 2 is 2.18 bits per heavy atom. The minimum absolute atomic E-state index is 0.00644. The van der Waals surface area contributed by atoms with Crippen molar-refractivity contribution >= 4 is 5.91 Å². The molecule has 0 saturated carbocycles. The first-order valence-electron chi connectivity index (χ1n) is 5.65. The molecule has 92 valence electrons. The number of aromatic hydroxyl groups is 2. The van der Waals surface area contributed by atoms with E-state index in [0.717, 1.165) is 18.9 Å². The fourth-order valence-corrected chi connectivity index (χ4v) is 2.07. The number of rotatable bonds is 1. The van der Waals surface area contributed by atoms with Crippen molar-refractivity contribution in [1.29, 1.82) is 0 Å². The average molecular weight is 236 g/mol. The van der Waals surface area contributed by atoms with Gasteiger partial charge in [-0.05, 0) is 25.0 Å². The first kappa shape index (κ1) is 11.7. The fraction of sp³-hybridized carbons (Fsp3) is 0.417. The summed E-state index contributed by atoms with van der Waals surface area (Å²) in [5.74, 6) is -0.499. The Morgan fingerprint density at radius 1 is 1.41 bits per heavy atom. The number of phenols is 2. The molecule has 4 N–H and O–H groups in total. The summed E-state index contributed by atoms with van der Waals surface area (Å²) in [6.07, 6.45) is 1.80. The maximum Gasteiger partial charge on any atom is 0.257 e. The van der Waals surface area contributed by atoms with E-state index in [-0.39, 0.29) is 29.0 Å². The molecule has 0 aromatic heterocycles. The van der Waals surface area contributed by atoms with Gasteiger partial charge < -0.3 is 20.8 Å². The van der Waals surface area contributed by atoms with Gasteiger partial charge in [-0.3, -0.25) is 4.79 Å². The molecule has 1 atom stereocenters. The molecule has 0 unspecified atom stereocenters. The van der Waals surface area contributed by atoms with E-state index >= 15 is 0 Å². The first-order valence-corrected chi connectivity index (χ1v) is 5.65. The quantitative estimate of drug-likeness (QED) is 0.668. The van der Waals surface area contributed by atoms with Crippen LogP contribution in [0.25, 0.3) is 0 Å². The average Bonchev–Trinajstić information content (AvgIpc) is 2.28. The Balaban J connectivity index is 2.18. The SMILES string of the molecule is N[C@@H]1CCCN(C(=O)c2ccc(O)cc2O)C1. The van der Waals surface area contributed by atoms with Gasteiger partial charge in [-0.1, -0.05) is 0 Å². The van der Waals surface area contributed by atoms with Gasteiger partial charge in [-0.2, -0.15) is 0 Å². The lowest BCUT2D eigenvalue weighted by molar-refractivity contribution is 0.0706. The molecule has 2 rings (SSSR count). The monoisotopic (exact) mass is 236 g/mol. The van der Waals surface area contributed by atoms with Gasteiger partial charge in [0.2, 0.25) is 0 Å². The molecule has 0 aliphatic carbocycles. The van der Waals surface area contributed by atoms with Crippen LogP contribution in [0.15, 0.2) is 18.2 Å². The second kappa shape index (κ2) is 4.63. The third-order valence-corrected chi connectivity index (χ3v) is 2.96. The zero-order chi connectivity index (χ0) is 12.4. The third kappa shape index (κ3) is 2.50. The molecule has 5 nitrogen and oxygen atoms in total. The van der Waals surface area contributed by atoms with Crippen molar-refractivity contribution in [2.24, 2.45) is 5.73 Å². The van der Waals surface area contributed by atoms with Gasteiger partial charge in [0.1, 0.15) is 11.5 Å². The maximum absolute atomic E-state index is 12.1. The van der Waals surface area contributed by atoms with E-state index in [4.69, 9.17) is 10.8 Å². The normalized spacial score (nSPS) is 20.3.